The van der Waals surface area contributed by atoms with Crippen LogP contribution in [0.1, 0.15) is 35.1 Å². The number of aromatic nitrogens is 3. The van der Waals surface area contributed by atoms with Gasteiger partial charge >= 0.3 is 0 Å². The Kier molecular flexibility index (Phi) is 4.81. The van der Waals surface area contributed by atoms with E-state index in [1.807, 2.05) is 58.8 Å². The van der Waals surface area contributed by atoms with Gasteiger partial charge in [0.15, 0.2) is 0 Å². The van der Waals surface area contributed by atoms with Gasteiger partial charge in [0.05, 0.1) is 11.0 Å². The number of fused-ring (bicyclic) bond motifs is 1. The number of thiazole rings is 1. The highest BCUT2D eigenvalue weighted by molar-refractivity contribution is 7.13. The van der Waals surface area contributed by atoms with E-state index in [-0.39, 0.29) is 5.91 Å². The molecule has 4 aromatic rings. The first-order chi connectivity index (χ1) is 14.2. The summed E-state index contributed by atoms with van der Waals surface area (Å²) in [5.74, 6) is 1.38. The highest BCUT2D eigenvalue weighted by Crippen LogP contribution is 2.30. The topological polar surface area (TPSA) is 61.9 Å². The molecular weight excluding hydrogens is 404 g/mol. The Morgan fingerprint density at radius 3 is 2.59 bits per heavy atom. The van der Waals surface area contributed by atoms with Crippen LogP contribution in [0.2, 0.25) is 5.02 Å². The second kappa shape index (κ2) is 7.61. The molecule has 0 atom stereocenters. The maximum Gasteiger partial charge on any atom is 0.273 e. The van der Waals surface area contributed by atoms with Gasteiger partial charge in [0.25, 0.3) is 5.91 Å². The molecule has 0 aliphatic carbocycles. The highest BCUT2D eigenvalue weighted by Gasteiger charge is 2.27. The van der Waals surface area contributed by atoms with Crippen LogP contribution in [0.3, 0.4) is 0 Å². The Hall–Kier alpha value is -2.70. The fourth-order valence-corrected chi connectivity index (χ4v) is 4.71. The smallest absolute Gasteiger partial charge is 0.273 e. The number of halogens is 1. The van der Waals surface area contributed by atoms with Crippen molar-refractivity contribution >= 4 is 39.9 Å². The first-order valence-corrected chi connectivity index (χ1v) is 10.9. The second-order valence-electron chi connectivity index (χ2n) is 7.25. The lowest BCUT2D eigenvalue weighted by Gasteiger charge is -2.30. The number of nitrogens with zero attached hydrogens (tertiary/aromatic N) is 3. The van der Waals surface area contributed by atoms with Gasteiger partial charge < -0.3 is 9.88 Å². The van der Waals surface area contributed by atoms with Gasteiger partial charge in [-0.3, -0.25) is 4.79 Å². The summed E-state index contributed by atoms with van der Waals surface area (Å²) in [5, 5.41) is 3.37. The van der Waals surface area contributed by atoms with Crippen LogP contribution in [0.25, 0.3) is 21.6 Å². The zero-order valence-corrected chi connectivity index (χ0v) is 17.2. The summed E-state index contributed by atoms with van der Waals surface area (Å²) in [6.45, 7) is 1.43. The third kappa shape index (κ3) is 3.66. The van der Waals surface area contributed by atoms with Gasteiger partial charge in [0.1, 0.15) is 16.5 Å². The van der Waals surface area contributed by atoms with Crippen LogP contribution >= 0.6 is 22.9 Å². The molecule has 1 N–H and O–H groups in total. The molecule has 3 heterocycles. The van der Waals surface area contributed by atoms with Crippen LogP contribution in [0.4, 0.5) is 0 Å². The molecule has 2 aromatic carbocycles. The standard InChI is InChI=1S/C22H19ClN4OS/c23-16-7-5-15(6-8-16)21-26-19(13-29-21)22(28)27-11-9-14(10-12-27)20-24-17-3-1-2-4-18(17)25-20/h1-8,13-14H,9-12H2,(H,24,25). The van der Waals surface area contributed by atoms with Gasteiger partial charge in [0.2, 0.25) is 0 Å². The van der Waals surface area contributed by atoms with Crippen LogP contribution in [0.15, 0.2) is 53.9 Å². The average molecular weight is 423 g/mol. The van der Waals surface area contributed by atoms with Gasteiger partial charge in [-0.2, -0.15) is 0 Å². The van der Waals surface area contributed by atoms with Crippen LogP contribution < -0.4 is 0 Å². The Balaban J connectivity index is 1.26. The van der Waals surface area contributed by atoms with Crippen molar-refractivity contribution in [3.63, 3.8) is 0 Å². The van der Waals surface area contributed by atoms with Gasteiger partial charge in [-0.15, -0.1) is 11.3 Å². The molecule has 29 heavy (non-hydrogen) atoms. The fraction of sp³-hybridized carbons (Fsp3) is 0.227. The summed E-state index contributed by atoms with van der Waals surface area (Å²) in [5.41, 5.74) is 3.56. The minimum absolute atomic E-state index is 0.00418. The third-order valence-electron chi connectivity index (χ3n) is 5.39. The molecule has 0 bridgehead atoms. The van der Waals surface area contributed by atoms with Crippen molar-refractivity contribution in [3.05, 3.63) is 70.5 Å². The van der Waals surface area contributed by atoms with E-state index in [1.165, 1.54) is 11.3 Å². The Labute approximate surface area is 177 Å². The number of hydrogen-bond acceptors (Lipinski definition) is 4. The number of piperidine rings is 1. The lowest BCUT2D eigenvalue weighted by atomic mass is 9.96. The maximum absolute atomic E-state index is 12.9. The molecule has 1 fully saturated rings. The van der Waals surface area contributed by atoms with Gasteiger partial charge in [-0.1, -0.05) is 35.9 Å². The van der Waals surface area contributed by atoms with Crippen LogP contribution in [0, 0.1) is 0 Å². The number of hydrogen-bond donors (Lipinski definition) is 1. The van der Waals surface area contributed by atoms with Crippen molar-refractivity contribution in [2.45, 2.75) is 18.8 Å². The molecule has 2 aromatic heterocycles. The van der Waals surface area contributed by atoms with E-state index < -0.39 is 0 Å². The van der Waals surface area contributed by atoms with Crippen LogP contribution in [-0.2, 0) is 0 Å². The zero-order chi connectivity index (χ0) is 19.8. The van der Waals surface area contributed by atoms with E-state index in [2.05, 4.69) is 9.97 Å². The van der Waals surface area contributed by atoms with Crippen molar-refractivity contribution in [2.24, 2.45) is 0 Å². The molecule has 1 aliphatic rings. The van der Waals surface area contributed by atoms with E-state index in [0.717, 1.165) is 40.3 Å². The number of carbonyl (C=O) groups is 1. The summed E-state index contributed by atoms with van der Waals surface area (Å²) in [6.07, 6.45) is 1.81. The Morgan fingerprint density at radius 2 is 1.83 bits per heavy atom. The monoisotopic (exact) mass is 422 g/mol. The molecule has 0 spiro atoms. The normalized spacial score (nSPS) is 15.1. The summed E-state index contributed by atoms with van der Waals surface area (Å²) in [4.78, 5) is 27.5. The van der Waals surface area contributed by atoms with Gasteiger partial charge in [-0.25, -0.2) is 9.97 Å². The van der Waals surface area contributed by atoms with E-state index in [9.17, 15) is 4.79 Å². The fourth-order valence-electron chi connectivity index (χ4n) is 3.78. The van der Waals surface area contributed by atoms with Crippen molar-refractivity contribution in [3.8, 4) is 10.6 Å². The molecule has 7 heteroatoms. The number of H-pyrrole nitrogens is 1. The summed E-state index contributed by atoms with van der Waals surface area (Å²) < 4.78 is 0. The van der Waals surface area contributed by atoms with Gasteiger partial charge in [-0.05, 0) is 37.1 Å². The predicted molar refractivity (Wildman–Crippen MR) is 117 cm³/mol. The number of benzene rings is 2. The van der Waals surface area contributed by atoms with E-state index in [0.29, 0.717) is 29.7 Å². The third-order valence-corrected chi connectivity index (χ3v) is 6.53. The molecule has 1 aliphatic heterocycles. The molecule has 0 unspecified atom stereocenters. The Bertz CT molecular complexity index is 1130. The summed E-state index contributed by atoms with van der Waals surface area (Å²) in [7, 11) is 0. The SMILES string of the molecule is O=C(c1csc(-c2ccc(Cl)cc2)n1)N1CCC(c2nc3ccccc3[nH]2)CC1. The minimum Gasteiger partial charge on any atom is -0.342 e. The van der Waals surface area contributed by atoms with Crippen molar-refractivity contribution in [2.75, 3.05) is 13.1 Å². The lowest BCUT2D eigenvalue weighted by Crippen LogP contribution is -2.38. The molecule has 0 radical (unpaired) electrons. The number of para-hydroxylation sites is 2. The average Bonchev–Trinajstić information content (AvgIpc) is 3.41. The Morgan fingerprint density at radius 1 is 1.07 bits per heavy atom. The van der Waals surface area contributed by atoms with Crippen LogP contribution in [-0.4, -0.2) is 38.8 Å². The summed E-state index contributed by atoms with van der Waals surface area (Å²) >= 11 is 7.43. The molecule has 0 saturated carbocycles. The quantitative estimate of drug-likeness (QED) is 0.483. The van der Waals surface area contributed by atoms with Crippen LogP contribution in [0.5, 0.6) is 0 Å². The first-order valence-electron chi connectivity index (χ1n) is 9.63. The van der Waals surface area contributed by atoms with E-state index >= 15 is 0 Å². The predicted octanol–water partition coefficient (Wildman–Crippen LogP) is 5.36. The van der Waals surface area contributed by atoms with Gasteiger partial charge in [0, 0.05) is 35.0 Å². The number of carbonyl (C=O) groups excluding carboxylic acids is 1. The molecule has 5 nitrogen and oxygen atoms in total. The first kappa shape index (κ1) is 18.3. The minimum atomic E-state index is 0.00418. The number of amides is 1. The number of likely N-dealkylation sites (tertiary alicyclic amines) is 1. The van der Waals surface area contributed by atoms with Crippen molar-refractivity contribution < 1.29 is 4.79 Å². The van der Waals surface area contributed by atoms with Crippen molar-refractivity contribution in [1.82, 2.24) is 19.9 Å². The van der Waals surface area contributed by atoms with E-state index in [1.54, 1.807) is 0 Å². The molecule has 5 rings (SSSR count). The number of nitrogens with one attached hydrogen (secondary N) is 1. The highest BCUT2D eigenvalue weighted by atomic mass is 35.5. The van der Waals surface area contributed by atoms with E-state index in [4.69, 9.17) is 16.6 Å². The van der Waals surface area contributed by atoms with Crippen molar-refractivity contribution in [1.29, 1.82) is 0 Å². The summed E-state index contributed by atoms with van der Waals surface area (Å²) in [6, 6.07) is 15.6. The molecular formula is C22H19ClN4OS. The molecule has 1 saturated heterocycles. The zero-order valence-electron chi connectivity index (χ0n) is 15.6. The largest absolute Gasteiger partial charge is 0.342 e. The number of imidazole rings is 1. The lowest BCUT2D eigenvalue weighted by molar-refractivity contribution is 0.0706. The number of aromatic amines is 1. The number of rotatable bonds is 3. The molecule has 146 valence electrons. The second-order valence-corrected chi connectivity index (χ2v) is 8.54. The molecule has 1 amide bonds. The maximum atomic E-state index is 12.9.